The Bertz CT molecular complexity index is 280. The maximum Gasteiger partial charge on any atom is 0.0270 e. The Balaban J connectivity index is 1.52. The van der Waals surface area contributed by atoms with Gasteiger partial charge in [0.1, 0.15) is 0 Å². The van der Waals surface area contributed by atoms with Crippen molar-refractivity contribution in [2.24, 2.45) is 0 Å². The normalized spacial score (nSPS) is 20.1. The van der Waals surface area contributed by atoms with Crippen molar-refractivity contribution < 1.29 is 0 Å². The molecule has 1 aromatic rings. The molecule has 3 heteroatoms. The molecular formula is C13H21N3. The number of pyridine rings is 1. The van der Waals surface area contributed by atoms with E-state index < -0.39 is 0 Å². The molecule has 1 aliphatic rings. The van der Waals surface area contributed by atoms with E-state index in [1.807, 2.05) is 12.4 Å². The highest BCUT2D eigenvalue weighted by atomic mass is 14.9. The van der Waals surface area contributed by atoms with Crippen LogP contribution in [0, 0.1) is 0 Å². The van der Waals surface area contributed by atoms with Gasteiger partial charge in [0.15, 0.2) is 0 Å². The third-order valence-corrected chi connectivity index (χ3v) is 3.17. The molecule has 0 amide bonds. The lowest BCUT2D eigenvalue weighted by Gasteiger charge is -2.10. The first-order chi connectivity index (χ1) is 7.95. The Morgan fingerprint density at radius 3 is 2.94 bits per heavy atom. The Kier molecular flexibility index (Phi) is 4.77. The van der Waals surface area contributed by atoms with Gasteiger partial charge in [-0.1, -0.05) is 0 Å². The maximum atomic E-state index is 4.01. The van der Waals surface area contributed by atoms with Crippen molar-refractivity contribution in [2.75, 3.05) is 19.6 Å². The van der Waals surface area contributed by atoms with E-state index in [1.165, 1.54) is 31.4 Å². The van der Waals surface area contributed by atoms with Crippen LogP contribution < -0.4 is 10.6 Å². The smallest absolute Gasteiger partial charge is 0.0270 e. The van der Waals surface area contributed by atoms with Gasteiger partial charge in [0.05, 0.1) is 0 Å². The second-order valence-electron chi connectivity index (χ2n) is 4.44. The quantitative estimate of drug-likeness (QED) is 0.709. The summed E-state index contributed by atoms with van der Waals surface area (Å²) in [7, 11) is 0. The molecule has 0 radical (unpaired) electrons. The summed E-state index contributed by atoms with van der Waals surface area (Å²) in [4.78, 5) is 4.01. The molecule has 1 saturated heterocycles. The largest absolute Gasteiger partial charge is 0.316 e. The highest BCUT2D eigenvalue weighted by molar-refractivity contribution is 5.09. The third kappa shape index (κ3) is 3.91. The number of aromatic nitrogens is 1. The first-order valence-electron chi connectivity index (χ1n) is 6.28. The molecule has 1 fully saturated rings. The fourth-order valence-corrected chi connectivity index (χ4v) is 2.19. The summed E-state index contributed by atoms with van der Waals surface area (Å²) in [6.07, 6.45) is 8.78. The molecule has 1 atom stereocenters. The number of hydrogen-bond donors (Lipinski definition) is 2. The first kappa shape index (κ1) is 11.6. The molecule has 0 aliphatic carbocycles. The molecule has 16 heavy (non-hydrogen) atoms. The zero-order valence-electron chi connectivity index (χ0n) is 9.78. The fourth-order valence-electron chi connectivity index (χ4n) is 2.19. The second-order valence-corrected chi connectivity index (χ2v) is 4.44. The van der Waals surface area contributed by atoms with Gasteiger partial charge in [0.25, 0.3) is 0 Å². The molecule has 88 valence electrons. The van der Waals surface area contributed by atoms with Crippen molar-refractivity contribution in [3.05, 3.63) is 30.1 Å². The summed E-state index contributed by atoms with van der Waals surface area (Å²) in [6.45, 7) is 3.40. The van der Waals surface area contributed by atoms with Crippen LogP contribution in [0.2, 0.25) is 0 Å². The Labute approximate surface area is 97.7 Å². The van der Waals surface area contributed by atoms with E-state index in [0.717, 1.165) is 25.6 Å². The summed E-state index contributed by atoms with van der Waals surface area (Å²) in [5.41, 5.74) is 1.36. The lowest BCUT2D eigenvalue weighted by Crippen LogP contribution is -2.28. The third-order valence-electron chi connectivity index (χ3n) is 3.17. The van der Waals surface area contributed by atoms with Gasteiger partial charge >= 0.3 is 0 Å². The first-order valence-corrected chi connectivity index (χ1v) is 6.28. The predicted molar refractivity (Wildman–Crippen MR) is 66.5 cm³/mol. The second kappa shape index (κ2) is 6.61. The van der Waals surface area contributed by atoms with Crippen LogP contribution in [0.15, 0.2) is 24.5 Å². The van der Waals surface area contributed by atoms with Gasteiger partial charge in [-0.2, -0.15) is 0 Å². The maximum absolute atomic E-state index is 4.01. The van der Waals surface area contributed by atoms with E-state index in [0.29, 0.717) is 0 Å². The standard InChI is InChI=1S/C13H21N3/c1-2-13(16-7-1)6-11-15-10-5-12-3-8-14-9-4-12/h3-4,8-9,13,15-16H,1-2,5-7,10-11H2. The molecule has 0 spiro atoms. The Hall–Kier alpha value is -0.930. The van der Waals surface area contributed by atoms with Gasteiger partial charge in [-0.05, 0) is 63.0 Å². The van der Waals surface area contributed by atoms with Crippen molar-refractivity contribution in [2.45, 2.75) is 31.7 Å². The van der Waals surface area contributed by atoms with Crippen LogP contribution in [0.25, 0.3) is 0 Å². The molecule has 1 aliphatic heterocycles. The van der Waals surface area contributed by atoms with Crippen LogP contribution >= 0.6 is 0 Å². The Morgan fingerprint density at radius 1 is 1.31 bits per heavy atom. The van der Waals surface area contributed by atoms with Crippen LogP contribution in [-0.2, 0) is 6.42 Å². The average molecular weight is 219 g/mol. The summed E-state index contributed by atoms with van der Waals surface area (Å²) in [6, 6.07) is 4.92. The number of nitrogens with zero attached hydrogens (tertiary/aromatic N) is 1. The molecular weight excluding hydrogens is 198 g/mol. The molecule has 3 nitrogen and oxygen atoms in total. The van der Waals surface area contributed by atoms with Gasteiger partial charge in [0, 0.05) is 18.4 Å². The van der Waals surface area contributed by atoms with E-state index in [1.54, 1.807) is 0 Å². The van der Waals surface area contributed by atoms with Crippen molar-refractivity contribution in [1.29, 1.82) is 0 Å². The van der Waals surface area contributed by atoms with E-state index >= 15 is 0 Å². The van der Waals surface area contributed by atoms with Gasteiger partial charge in [-0.15, -0.1) is 0 Å². The van der Waals surface area contributed by atoms with E-state index in [-0.39, 0.29) is 0 Å². The molecule has 1 unspecified atom stereocenters. The number of hydrogen-bond acceptors (Lipinski definition) is 3. The summed E-state index contributed by atoms with van der Waals surface area (Å²) >= 11 is 0. The van der Waals surface area contributed by atoms with Crippen LogP contribution in [0.1, 0.15) is 24.8 Å². The molecule has 2 heterocycles. The van der Waals surface area contributed by atoms with Crippen molar-refractivity contribution in [3.8, 4) is 0 Å². The van der Waals surface area contributed by atoms with E-state index in [2.05, 4.69) is 27.8 Å². The monoisotopic (exact) mass is 219 g/mol. The van der Waals surface area contributed by atoms with Gasteiger partial charge in [0.2, 0.25) is 0 Å². The lowest BCUT2D eigenvalue weighted by atomic mass is 10.1. The van der Waals surface area contributed by atoms with Crippen LogP contribution in [0.5, 0.6) is 0 Å². The molecule has 2 N–H and O–H groups in total. The van der Waals surface area contributed by atoms with Gasteiger partial charge in [-0.3, -0.25) is 4.98 Å². The predicted octanol–water partition coefficient (Wildman–Crippen LogP) is 1.36. The van der Waals surface area contributed by atoms with E-state index in [4.69, 9.17) is 0 Å². The van der Waals surface area contributed by atoms with Crippen molar-refractivity contribution in [3.63, 3.8) is 0 Å². The van der Waals surface area contributed by atoms with Crippen LogP contribution in [0.3, 0.4) is 0 Å². The molecule has 0 saturated carbocycles. The van der Waals surface area contributed by atoms with Gasteiger partial charge in [-0.25, -0.2) is 0 Å². The molecule has 1 aromatic heterocycles. The Morgan fingerprint density at radius 2 is 2.19 bits per heavy atom. The fraction of sp³-hybridized carbons (Fsp3) is 0.615. The minimum Gasteiger partial charge on any atom is -0.316 e. The summed E-state index contributed by atoms with van der Waals surface area (Å²) < 4.78 is 0. The van der Waals surface area contributed by atoms with Gasteiger partial charge < -0.3 is 10.6 Å². The average Bonchev–Trinajstić information content (AvgIpc) is 2.83. The SMILES string of the molecule is c1cc(CCNCCC2CCCN2)ccn1. The minimum atomic E-state index is 0.758. The van der Waals surface area contributed by atoms with Crippen LogP contribution in [-0.4, -0.2) is 30.7 Å². The molecule has 0 bridgehead atoms. The molecule has 0 aromatic carbocycles. The van der Waals surface area contributed by atoms with Crippen molar-refractivity contribution >= 4 is 0 Å². The summed E-state index contributed by atoms with van der Waals surface area (Å²) in [5.74, 6) is 0. The van der Waals surface area contributed by atoms with E-state index in [9.17, 15) is 0 Å². The topological polar surface area (TPSA) is 37.0 Å². The highest BCUT2D eigenvalue weighted by Crippen LogP contribution is 2.07. The highest BCUT2D eigenvalue weighted by Gasteiger charge is 2.12. The lowest BCUT2D eigenvalue weighted by molar-refractivity contribution is 0.525. The number of rotatable bonds is 6. The van der Waals surface area contributed by atoms with Crippen LogP contribution in [0.4, 0.5) is 0 Å². The minimum absolute atomic E-state index is 0.758. The zero-order valence-corrected chi connectivity index (χ0v) is 9.78. The number of nitrogens with one attached hydrogen (secondary N) is 2. The molecule has 2 rings (SSSR count). The zero-order chi connectivity index (χ0) is 11.1. The van der Waals surface area contributed by atoms with Crippen molar-refractivity contribution in [1.82, 2.24) is 15.6 Å². The summed E-state index contributed by atoms with van der Waals surface area (Å²) in [5, 5.41) is 7.02.